The molecule has 1 fully saturated rings. The van der Waals surface area contributed by atoms with E-state index in [0.29, 0.717) is 11.4 Å². The number of aryl methyl sites for hydroxylation is 1. The first kappa shape index (κ1) is 19.8. The van der Waals surface area contributed by atoms with E-state index in [4.69, 9.17) is 17.0 Å². The molecule has 1 aromatic heterocycles. The van der Waals surface area contributed by atoms with Crippen molar-refractivity contribution in [2.24, 2.45) is 0 Å². The Morgan fingerprint density at radius 3 is 2.46 bits per heavy atom. The van der Waals surface area contributed by atoms with E-state index < -0.39 is 11.8 Å². The highest BCUT2D eigenvalue weighted by Gasteiger charge is 2.36. The van der Waals surface area contributed by atoms with E-state index in [9.17, 15) is 9.59 Å². The summed E-state index contributed by atoms with van der Waals surface area (Å²) in [6.07, 6.45) is 1.63. The number of carbonyl (C=O) groups is 2. The maximum Gasteiger partial charge on any atom is 0.270 e. The van der Waals surface area contributed by atoms with Crippen LogP contribution in [0.1, 0.15) is 36.8 Å². The topological polar surface area (TPSA) is 63.6 Å². The molecule has 0 aliphatic carbocycles. The second kappa shape index (κ2) is 7.59. The average Bonchev–Trinajstić information content (AvgIpc) is 2.92. The van der Waals surface area contributed by atoms with Gasteiger partial charge in [0.05, 0.1) is 12.8 Å². The number of aromatic nitrogens is 1. The number of nitrogens with one attached hydrogen (secondary N) is 1. The zero-order valence-electron chi connectivity index (χ0n) is 16.6. The Bertz CT molecular complexity index is 1000. The predicted molar refractivity (Wildman–Crippen MR) is 113 cm³/mol. The quantitative estimate of drug-likeness (QED) is 0.487. The lowest BCUT2D eigenvalue weighted by atomic mass is 10.1. The standard InChI is InChI=1S/C21H23N3O3S/c1-12(2)23-13(3)10-15(14(23)4)11-16-19(25)22-21(28)24(20(16)26)17-8-6-7-9-18(17)27-5/h6-12H,1-5H3,(H,22,25,28)/b16-11+. The van der Waals surface area contributed by atoms with Crippen molar-refractivity contribution in [2.75, 3.05) is 12.0 Å². The highest BCUT2D eigenvalue weighted by Crippen LogP contribution is 2.31. The molecule has 146 valence electrons. The monoisotopic (exact) mass is 397 g/mol. The fraction of sp³-hybridized carbons (Fsp3) is 0.286. The number of carbonyl (C=O) groups excluding carboxylic acids is 2. The minimum Gasteiger partial charge on any atom is -0.495 e. The number of anilines is 1. The van der Waals surface area contributed by atoms with Crippen molar-refractivity contribution in [3.8, 4) is 5.75 Å². The molecule has 0 bridgehead atoms. The van der Waals surface area contributed by atoms with Crippen LogP contribution in [-0.4, -0.2) is 28.6 Å². The van der Waals surface area contributed by atoms with E-state index >= 15 is 0 Å². The first-order chi connectivity index (χ1) is 13.3. The Hall–Kier alpha value is -2.93. The number of amides is 2. The van der Waals surface area contributed by atoms with Crippen LogP contribution < -0.4 is 15.0 Å². The van der Waals surface area contributed by atoms with Gasteiger partial charge in [0.2, 0.25) is 0 Å². The first-order valence-corrected chi connectivity index (χ1v) is 9.40. The van der Waals surface area contributed by atoms with Crippen molar-refractivity contribution in [2.45, 2.75) is 33.7 Å². The van der Waals surface area contributed by atoms with Crippen LogP contribution in [-0.2, 0) is 9.59 Å². The summed E-state index contributed by atoms with van der Waals surface area (Å²) in [7, 11) is 1.52. The summed E-state index contributed by atoms with van der Waals surface area (Å²) in [6.45, 7) is 8.18. The van der Waals surface area contributed by atoms with E-state index in [1.807, 2.05) is 19.9 Å². The minimum atomic E-state index is -0.504. The van der Waals surface area contributed by atoms with Crippen LogP contribution in [0, 0.1) is 13.8 Å². The molecule has 2 amide bonds. The SMILES string of the molecule is COc1ccccc1N1C(=O)/C(=C/c2cc(C)n(C(C)C)c2C)C(=O)NC1=S. The molecule has 0 atom stereocenters. The summed E-state index contributed by atoms with van der Waals surface area (Å²) in [5.41, 5.74) is 3.41. The minimum absolute atomic E-state index is 0.0310. The van der Waals surface area contributed by atoms with Gasteiger partial charge < -0.3 is 9.30 Å². The molecule has 1 aliphatic heterocycles. The summed E-state index contributed by atoms with van der Waals surface area (Å²) < 4.78 is 7.52. The van der Waals surface area contributed by atoms with Gasteiger partial charge in [-0.05, 0) is 69.8 Å². The molecular weight excluding hydrogens is 374 g/mol. The molecule has 1 saturated heterocycles. The number of para-hydroxylation sites is 2. The lowest BCUT2D eigenvalue weighted by Crippen LogP contribution is -2.54. The zero-order valence-corrected chi connectivity index (χ0v) is 17.4. The summed E-state index contributed by atoms with van der Waals surface area (Å²) in [5, 5.41) is 2.64. The number of ether oxygens (including phenoxy) is 1. The van der Waals surface area contributed by atoms with Crippen molar-refractivity contribution in [1.82, 2.24) is 9.88 Å². The molecule has 3 rings (SSSR count). The number of nitrogens with zero attached hydrogens (tertiary/aromatic N) is 2. The van der Waals surface area contributed by atoms with E-state index in [1.54, 1.807) is 30.3 Å². The number of thiocarbonyl (C=S) groups is 1. The van der Waals surface area contributed by atoms with Crippen LogP contribution in [0.15, 0.2) is 35.9 Å². The third kappa shape index (κ3) is 3.33. The Morgan fingerprint density at radius 1 is 1.18 bits per heavy atom. The molecule has 6 nitrogen and oxygen atoms in total. The summed E-state index contributed by atoms with van der Waals surface area (Å²) >= 11 is 5.26. The van der Waals surface area contributed by atoms with Gasteiger partial charge in [0, 0.05) is 17.4 Å². The predicted octanol–water partition coefficient (Wildman–Crippen LogP) is 3.53. The van der Waals surface area contributed by atoms with Gasteiger partial charge in [-0.25, -0.2) is 4.90 Å². The Kier molecular flexibility index (Phi) is 5.38. The molecular formula is C21H23N3O3S. The number of hydrogen-bond donors (Lipinski definition) is 1. The number of hydrogen-bond acceptors (Lipinski definition) is 4. The van der Waals surface area contributed by atoms with Gasteiger partial charge in [-0.1, -0.05) is 12.1 Å². The van der Waals surface area contributed by atoms with E-state index in [0.717, 1.165) is 17.0 Å². The fourth-order valence-electron chi connectivity index (χ4n) is 3.59. The molecule has 7 heteroatoms. The van der Waals surface area contributed by atoms with Crippen LogP contribution in [0.2, 0.25) is 0 Å². The van der Waals surface area contributed by atoms with Gasteiger partial charge in [0.15, 0.2) is 5.11 Å². The Morgan fingerprint density at radius 2 is 1.86 bits per heavy atom. The van der Waals surface area contributed by atoms with Gasteiger partial charge in [-0.2, -0.15) is 0 Å². The summed E-state index contributed by atoms with van der Waals surface area (Å²) in [6, 6.07) is 9.30. The highest BCUT2D eigenvalue weighted by molar-refractivity contribution is 7.80. The lowest BCUT2D eigenvalue weighted by molar-refractivity contribution is -0.122. The Labute approximate surface area is 169 Å². The van der Waals surface area contributed by atoms with Crippen molar-refractivity contribution < 1.29 is 14.3 Å². The van der Waals surface area contributed by atoms with Gasteiger partial charge >= 0.3 is 0 Å². The molecule has 1 aliphatic rings. The van der Waals surface area contributed by atoms with E-state index in [2.05, 4.69) is 23.7 Å². The van der Waals surface area contributed by atoms with Crippen LogP contribution in [0.25, 0.3) is 6.08 Å². The molecule has 1 aromatic carbocycles. The highest BCUT2D eigenvalue weighted by atomic mass is 32.1. The normalized spacial score (nSPS) is 16.1. The first-order valence-electron chi connectivity index (χ1n) is 8.99. The van der Waals surface area contributed by atoms with Crippen molar-refractivity contribution >= 4 is 40.9 Å². The lowest BCUT2D eigenvalue weighted by Gasteiger charge is -2.29. The maximum atomic E-state index is 13.2. The summed E-state index contributed by atoms with van der Waals surface area (Å²) in [5.74, 6) is -0.491. The molecule has 0 unspecified atom stereocenters. The van der Waals surface area contributed by atoms with Gasteiger partial charge in [0.25, 0.3) is 11.8 Å². The van der Waals surface area contributed by atoms with E-state index in [-0.39, 0.29) is 16.7 Å². The van der Waals surface area contributed by atoms with Crippen molar-refractivity contribution in [3.05, 3.63) is 52.9 Å². The van der Waals surface area contributed by atoms with Crippen LogP contribution in [0.4, 0.5) is 5.69 Å². The fourth-order valence-corrected chi connectivity index (χ4v) is 3.86. The summed E-state index contributed by atoms with van der Waals surface area (Å²) in [4.78, 5) is 27.0. The smallest absolute Gasteiger partial charge is 0.270 e. The van der Waals surface area contributed by atoms with Gasteiger partial charge in [0.1, 0.15) is 11.3 Å². The third-order valence-corrected chi connectivity index (χ3v) is 5.05. The van der Waals surface area contributed by atoms with Crippen molar-refractivity contribution in [1.29, 1.82) is 0 Å². The van der Waals surface area contributed by atoms with Crippen LogP contribution in [0.3, 0.4) is 0 Å². The van der Waals surface area contributed by atoms with Crippen molar-refractivity contribution in [3.63, 3.8) is 0 Å². The molecule has 2 aromatic rings. The van der Waals surface area contributed by atoms with Crippen LogP contribution in [0.5, 0.6) is 5.75 Å². The zero-order chi connectivity index (χ0) is 20.6. The van der Waals surface area contributed by atoms with Gasteiger partial charge in [-0.3, -0.25) is 14.9 Å². The maximum absolute atomic E-state index is 13.2. The second-order valence-electron chi connectivity index (χ2n) is 6.92. The third-order valence-electron chi connectivity index (χ3n) is 4.77. The van der Waals surface area contributed by atoms with Gasteiger partial charge in [-0.15, -0.1) is 0 Å². The number of benzene rings is 1. The number of methoxy groups -OCH3 is 1. The number of rotatable bonds is 4. The second-order valence-corrected chi connectivity index (χ2v) is 7.31. The Balaban J connectivity index is 2.08. The molecule has 28 heavy (non-hydrogen) atoms. The molecule has 0 saturated carbocycles. The molecule has 0 spiro atoms. The largest absolute Gasteiger partial charge is 0.495 e. The molecule has 0 radical (unpaired) electrons. The van der Waals surface area contributed by atoms with Crippen LogP contribution >= 0.6 is 12.2 Å². The van der Waals surface area contributed by atoms with E-state index in [1.165, 1.54) is 12.0 Å². The average molecular weight is 398 g/mol. The molecule has 1 N–H and O–H groups in total. The molecule has 2 heterocycles.